The summed E-state index contributed by atoms with van der Waals surface area (Å²) in [5, 5.41) is 12.1. The summed E-state index contributed by atoms with van der Waals surface area (Å²) in [6.07, 6.45) is 3.83. The van der Waals surface area contributed by atoms with Crippen LogP contribution in [0.4, 0.5) is 0 Å². The van der Waals surface area contributed by atoms with Crippen molar-refractivity contribution in [3.8, 4) is 0 Å². The van der Waals surface area contributed by atoms with Gasteiger partial charge in [0, 0.05) is 19.1 Å². The third-order valence-electron chi connectivity index (χ3n) is 4.23. The van der Waals surface area contributed by atoms with Gasteiger partial charge in [-0.25, -0.2) is 0 Å². The number of nitrogens with one attached hydrogen (secondary N) is 1. The maximum Gasteiger partial charge on any atom is 0.223 e. The van der Waals surface area contributed by atoms with Crippen molar-refractivity contribution in [3.05, 3.63) is 0 Å². The molecule has 0 heterocycles. The van der Waals surface area contributed by atoms with E-state index in [1.165, 1.54) is 0 Å². The van der Waals surface area contributed by atoms with Crippen molar-refractivity contribution in [3.63, 3.8) is 0 Å². The zero-order chi connectivity index (χ0) is 12.2. The van der Waals surface area contributed by atoms with Crippen LogP contribution in [0.5, 0.6) is 0 Å². The molecular formula is C13H25NO2. The van der Waals surface area contributed by atoms with E-state index in [2.05, 4.69) is 26.1 Å². The van der Waals surface area contributed by atoms with E-state index < -0.39 is 0 Å². The number of aliphatic hydroxyl groups excluding tert-OH is 1. The zero-order valence-electron chi connectivity index (χ0n) is 10.8. The molecule has 2 atom stereocenters. The molecule has 0 aromatic heterocycles. The first kappa shape index (κ1) is 13.5. The summed E-state index contributed by atoms with van der Waals surface area (Å²) in [6, 6.07) is 0. The molecule has 16 heavy (non-hydrogen) atoms. The standard InChI is InChI=1S/C13H25NO2/c1-4-13(5-2,6-7-15)9-14-12(16)11-8-10(11)3/h10-11,15H,4-9H2,1-3H3,(H,14,16)/t10-,11-/m1/s1. The molecule has 0 spiro atoms. The highest BCUT2D eigenvalue weighted by Crippen LogP contribution is 2.38. The van der Waals surface area contributed by atoms with Gasteiger partial charge in [-0.15, -0.1) is 0 Å². The molecular weight excluding hydrogens is 202 g/mol. The van der Waals surface area contributed by atoms with Crippen molar-refractivity contribution in [2.75, 3.05) is 13.2 Å². The molecule has 0 saturated heterocycles. The van der Waals surface area contributed by atoms with Crippen LogP contribution < -0.4 is 5.32 Å². The molecule has 0 aromatic carbocycles. The van der Waals surface area contributed by atoms with Gasteiger partial charge in [0.15, 0.2) is 0 Å². The van der Waals surface area contributed by atoms with Crippen LogP contribution in [0.2, 0.25) is 0 Å². The quantitative estimate of drug-likeness (QED) is 0.698. The average Bonchev–Trinajstić information content (AvgIpc) is 3.01. The molecule has 0 unspecified atom stereocenters. The average molecular weight is 227 g/mol. The van der Waals surface area contributed by atoms with Crippen LogP contribution in [-0.2, 0) is 4.79 Å². The topological polar surface area (TPSA) is 49.3 Å². The van der Waals surface area contributed by atoms with E-state index in [9.17, 15) is 4.79 Å². The van der Waals surface area contributed by atoms with E-state index in [4.69, 9.17) is 5.11 Å². The minimum Gasteiger partial charge on any atom is -0.396 e. The molecule has 1 saturated carbocycles. The molecule has 0 aliphatic heterocycles. The van der Waals surface area contributed by atoms with Gasteiger partial charge in [-0.05, 0) is 37.0 Å². The summed E-state index contributed by atoms with van der Waals surface area (Å²) < 4.78 is 0. The Morgan fingerprint density at radius 3 is 2.38 bits per heavy atom. The number of carbonyl (C=O) groups excluding carboxylic acids is 1. The van der Waals surface area contributed by atoms with Gasteiger partial charge < -0.3 is 10.4 Å². The third-order valence-corrected chi connectivity index (χ3v) is 4.23. The number of rotatable bonds is 7. The zero-order valence-corrected chi connectivity index (χ0v) is 10.8. The second kappa shape index (κ2) is 5.67. The van der Waals surface area contributed by atoms with Crippen molar-refractivity contribution in [2.45, 2.75) is 46.5 Å². The number of hydrogen-bond acceptors (Lipinski definition) is 2. The Hall–Kier alpha value is -0.570. The molecule has 2 N–H and O–H groups in total. The van der Waals surface area contributed by atoms with Gasteiger partial charge in [-0.1, -0.05) is 20.8 Å². The van der Waals surface area contributed by atoms with E-state index in [1.807, 2.05) is 0 Å². The molecule has 1 rings (SSSR count). The summed E-state index contributed by atoms with van der Waals surface area (Å²) >= 11 is 0. The third kappa shape index (κ3) is 3.21. The van der Waals surface area contributed by atoms with Crippen LogP contribution in [0.15, 0.2) is 0 Å². The fourth-order valence-electron chi connectivity index (χ4n) is 2.27. The van der Waals surface area contributed by atoms with E-state index in [-0.39, 0.29) is 23.8 Å². The van der Waals surface area contributed by atoms with Gasteiger partial charge >= 0.3 is 0 Å². The molecule has 3 heteroatoms. The summed E-state index contributed by atoms with van der Waals surface area (Å²) in [5.74, 6) is 1.02. The largest absolute Gasteiger partial charge is 0.396 e. The van der Waals surface area contributed by atoms with Crippen molar-refractivity contribution in [2.24, 2.45) is 17.3 Å². The maximum atomic E-state index is 11.7. The lowest BCUT2D eigenvalue weighted by Crippen LogP contribution is -2.38. The lowest BCUT2D eigenvalue weighted by Gasteiger charge is -2.31. The Labute approximate surface area is 98.6 Å². The molecule has 1 aliphatic carbocycles. The Morgan fingerprint density at radius 2 is 2.00 bits per heavy atom. The minimum absolute atomic E-state index is 0.0859. The first-order chi connectivity index (χ1) is 7.58. The highest BCUT2D eigenvalue weighted by Gasteiger charge is 2.39. The molecule has 1 fully saturated rings. The van der Waals surface area contributed by atoms with Gasteiger partial charge in [-0.3, -0.25) is 4.79 Å². The van der Waals surface area contributed by atoms with Gasteiger partial charge in [0.2, 0.25) is 5.91 Å². The van der Waals surface area contributed by atoms with E-state index in [0.717, 1.165) is 25.7 Å². The van der Waals surface area contributed by atoms with E-state index in [0.29, 0.717) is 12.5 Å². The lowest BCUT2D eigenvalue weighted by molar-refractivity contribution is -0.123. The predicted molar refractivity (Wildman–Crippen MR) is 65.0 cm³/mol. The number of amides is 1. The van der Waals surface area contributed by atoms with Crippen LogP contribution in [0.1, 0.15) is 46.5 Å². The van der Waals surface area contributed by atoms with Gasteiger partial charge in [0.1, 0.15) is 0 Å². The second-order valence-corrected chi connectivity index (χ2v) is 5.22. The predicted octanol–water partition coefficient (Wildman–Crippen LogP) is 1.95. The first-order valence-electron chi connectivity index (χ1n) is 6.47. The molecule has 94 valence electrons. The number of carbonyl (C=O) groups is 1. The second-order valence-electron chi connectivity index (χ2n) is 5.22. The van der Waals surface area contributed by atoms with Gasteiger partial charge in [-0.2, -0.15) is 0 Å². The SMILES string of the molecule is CCC(CC)(CCO)CNC(=O)[C@@H]1C[C@H]1C. The number of hydrogen-bond donors (Lipinski definition) is 2. The minimum atomic E-state index is 0.0859. The highest BCUT2D eigenvalue weighted by molar-refractivity contribution is 5.81. The van der Waals surface area contributed by atoms with Crippen molar-refractivity contribution < 1.29 is 9.90 Å². The summed E-state index contributed by atoms with van der Waals surface area (Å²) in [7, 11) is 0. The van der Waals surface area contributed by atoms with Crippen LogP contribution in [0.25, 0.3) is 0 Å². The van der Waals surface area contributed by atoms with Crippen molar-refractivity contribution in [1.29, 1.82) is 0 Å². The summed E-state index contributed by atoms with van der Waals surface area (Å²) in [6.45, 7) is 7.29. The maximum absolute atomic E-state index is 11.7. The molecule has 0 aromatic rings. The number of aliphatic hydroxyl groups is 1. The van der Waals surface area contributed by atoms with E-state index >= 15 is 0 Å². The highest BCUT2D eigenvalue weighted by atomic mass is 16.3. The summed E-state index contributed by atoms with van der Waals surface area (Å²) in [4.78, 5) is 11.7. The van der Waals surface area contributed by atoms with Gasteiger partial charge in [0.05, 0.1) is 0 Å². The lowest BCUT2D eigenvalue weighted by atomic mass is 9.79. The van der Waals surface area contributed by atoms with Crippen LogP contribution in [0, 0.1) is 17.3 Å². The van der Waals surface area contributed by atoms with Crippen molar-refractivity contribution >= 4 is 5.91 Å². The smallest absolute Gasteiger partial charge is 0.223 e. The van der Waals surface area contributed by atoms with E-state index in [1.54, 1.807) is 0 Å². The Bertz CT molecular complexity index is 236. The molecule has 3 nitrogen and oxygen atoms in total. The normalized spacial score (nSPS) is 24.2. The fourth-order valence-corrected chi connectivity index (χ4v) is 2.27. The fraction of sp³-hybridized carbons (Fsp3) is 0.923. The monoisotopic (exact) mass is 227 g/mol. The molecule has 0 bridgehead atoms. The Morgan fingerprint density at radius 1 is 1.44 bits per heavy atom. The van der Waals surface area contributed by atoms with Gasteiger partial charge in [0.25, 0.3) is 0 Å². The van der Waals surface area contributed by atoms with Crippen LogP contribution in [-0.4, -0.2) is 24.2 Å². The summed E-state index contributed by atoms with van der Waals surface area (Å²) in [5.41, 5.74) is 0.0859. The molecule has 1 aliphatic rings. The van der Waals surface area contributed by atoms with Crippen LogP contribution in [0.3, 0.4) is 0 Å². The van der Waals surface area contributed by atoms with Crippen LogP contribution >= 0.6 is 0 Å². The Kier molecular flexibility index (Phi) is 4.78. The molecule has 1 amide bonds. The molecule has 0 radical (unpaired) electrons. The Balaban J connectivity index is 2.39. The first-order valence-corrected chi connectivity index (χ1v) is 6.47. The van der Waals surface area contributed by atoms with Crippen molar-refractivity contribution in [1.82, 2.24) is 5.32 Å².